The number of anilines is 1. The molecule has 102 valence electrons. The van der Waals surface area contributed by atoms with Gasteiger partial charge in [-0.05, 0) is 29.8 Å². The largest absolute Gasteiger partial charge is 0.481 e. The van der Waals surface area contributed by atoms with Gasteiger partial charge in [0.15, 0.2) is 0 Å². The SMILES string of the molecule is O=C(O)Cc1cccc(NC(=O)c2ccc(F)nc2)c1. The van der Waals surface area contributed by atoms with Gasteiger partial charge in [0.1, 0.15) is 0 Å². The summed E-state index contributed by atoms with van der Waals surface area (Å²) in [5.74, 6) is -2.05. The molecule has 1 heterocycles. The number of pyridine rings is 1. The first kappa shape index (κ1) is 13.7. The molecule has 5 nitrogen and oxygen atoms in total. The normalized spacial score (nSPS) is 10.1. The van der Waals surface area contributed by atoms with Gasteiger partial charge in [0.25, 0.3) is 5.91 Å². The first-order chi connectivity index (χ1) is 9.54. The summed E-state index contributed by atoms with van der Waals surface area (Å²) in [6, 6.07) is 8.93. The molecule has 20 heavy (non-hydrogen) atoms. The van der Waals surface area contributed by atoms with Crippen molar-refractivity contribution in [2.24, 2.45) is 0 Å². The molecule has 2 aromatic rings. The van der Waals surface area contributed by atoms with Crippen molar-refractivity contribution in [3.8, 4) is 0 Å². The maximum Gasteiger partial charge on any atom is 0.307 e. The molecular weight excluding hydrogens is 263 g/mol. The number of rotatable bonds is 4. The van der Waals surface area contributed by atoms with Crippen LogP contribution in [0, 0.1) is 5.95 Å². The highest BCUT2D eigenvalue weighted by Crippen LogP contribution is 2.13. The van der Waals surface area contributed by atoms with Gasteiger partial charge in [-0.2, -0.15) is 4.39 Å². The molecule has 1 aromatic carbocycles. The zero-order valence-electron chi connectivity index (χ0n) is 10.3. The number of carboxylic acids is 1. The van der Waals surface area contributed by atoms with E-state index in [1.54, 1.807) is 24.3 Å². The van der Waals surface area contributed by atoms with Crippen molar-refractivity contribution >= 4 is 17.6 Å². The number of hydrogen-bond donors (Lipinski definition) is 2. The number of nitrogens with zero attached hydrogens (tertiary/aromatic N) is 1. The number of carbonyl (C=O) groups excluding carboxylic acids is 1. The fourth-order valence-electron chi connectivity index (χ4n) is 1.65. The Kier molecular flexibility index (Phi) is 4.05. The Hall–Kier alpha value is -2.76. The van der Waals surface area contributed by atoms with Crippen molar-refractivity contribution in [2.75, 3.05) is 5.32 Å². The van der Waals surface area contributed by atoms with Crippen LogP contribution in [0.4, 0.5) is 10.1 Å². The van der Waals surface area contributed by atoms with Gasteiger partial charge in [0.2, 0.25) is 5.95 Å². The van der Waals surface area contributed by atoms with Crippen LogP contribution in [0.5, 0.6) is 0 Å². The second kappa shape index (κ2) is 5.92. The monoisotopic (exact) mass is 274 g/mol. The number of aromatic nitrogens is 1. The molecule has 0 radical (unpaired) electrons. The van der Waals surface area contributed by atoms with Crippen LogP contribution in [-0.4, -0.2) is 22.0 Å². The molecular formula is C14H11FN2O3. The van der Waals surface area contributed by atoms with Crippen LogP contribution in [0.3, 0.4) is 0 Å². The predicted octanol–water partition coefficient (Wildman–Crippen LogP) is 2.10. The van der Waals surface area contributed by atoms with Crippen LogP contribution in [-0.2, 0) is 11.2 Å². The zero-order valence-corrected chi connectivity index (χ0v) is 10.3. The highest BCUT2D eigenvalue weighted by atomic mass is 19.1. The van der Waals surface area contributed by atoms with Crippen LogP contribution in [0.2, 0.25) is 0 Å². The Morgan fingerprint density at radius 1 is 1.25 bits per heavy atom. The lowest BCUT2D eigenvalue weighted by molar-refractivity contribution is -0.136. The lowest BCUT2D eigenvalue weighted by Gasteiger charge is -2.06. The molecule has 0 unspecified atom stereocenters. The zero-order chi connectivity index (χ0) is 14.5. The maximum atomic E-state index is 12.7. The van der Waals surface area contributed by atoms with Gasteiger partial charge in [-0.15, -0.1) is 0 Å². The Balaban J connectivity index is 2.11. The first-order valence-corrected chi connectivity index (χ1v) is 5.78. The molecule has 0 fully saturated rings. The minimum absolute atomic E-state index is 0.123. The third kappa shape index (κ3) is 3.61. The Morgan fingerprint density at radius 3 is 2.70 bits per heavy atom. The number of hydrogen-bond acceptors (Lipinski definition) is 3. The third-order valence-corrected chi connectivity index (χ3v) is 2.53. The summed E-state index contributed by atoms with van der Waals surface area (Å²) in [6.07, 6.45) is 1.01. The van der Waals surface area contributed by atoms with Crippen LogP contribution >= 0.6 is 0 Å². The summed E-state index contributed by atoms with van der Waals surface area (Å²) in [7, 11) is 0. The minimum Gasteiger partial charge on any atom is -0.481 e. The molecule has 0 bridgehead atoms. The van der Waals surface area contributed by atoms with Gasteiger partial charge >= 0.3 is 5.97 Å². The molecule has 1 aromatic heterocycles. The van der Waals surface area contributed by atoms with E-state index in [4.69, 9.17) is 5.11 Å². The predicted molar refractivity (Wildman–Crippen MR) is 69.9 cm³/mol. The van der Waals surface area contributed by atoms with Crippen LogP contribution in [0.1, 0.15) is 15.9 Å². The van der Waals surface area contributed by atoms with E-state index in [0.29, 0.717) is 11.3 Å². The minimum atomic E-state index is -0.948. The van der Waals surface area contributed by atoms with Crippen molar-refractivity contribution in [3.63, 3.8) is 0 Å². The van der Waals surface area contributed by atoms with E-state index in [9.17, 15) is 14.0 Å². The van der Waals surface area contributed by atoms with Crippen molar-refractivity contribution < 1.29 is 19.1 Å². The summed E-state index contributed by atoms with van der Waals surface area (Å²) in [6.45, 7) is 0. The molecule has 2 rings (SSSR count). The molecule has 0 spiro atoms. The second-order valence-electron chi connectivity index (χ2n) is 4.09. The summed E-state index contributed by atoms with van der Waals surface area (Å²) in [4.78, 5) is 25.9. The Morgan fingerprint density at radius 2 is 2.05 bits per heavy atom. The smallest absolute Gasteiger partial charge is 0.307 e. The third-order valence-electron chi connectivity index (χ3n) is 2.53. The summed E-state index contributed by atoms with van der Waals surface area (Å²) >= 11 is 0. The van der Waals surface area contributed by atoms with E-state index in [1.165, 1.54) is 6.07 Å². The molecule has 1 amide bonds. The topological polar surface area (TPSA) is 79.3 Å². The quantitative estimate of drug-likeness (QED) is 0.837. The van der Waals surface area contributed by atoms with Gasteiger partial charge in [0, 0.05) is 11.9 Å². The van der Waals surface area contributed by atoms with Gasteiger partial charge in [0.05, 0.1) is 12.0 Å². The van der Waals surface area contributed by atoms with Crippen molar-refractivity contribution in [1.82, 2.24) is 4.98 Å². The fourth-order valence-corrected chi connectivity index (χ4v) is 1.65. The summed E-state index contributed by atoms with van der Waals surface area (Å²) in [5.41, 5.74) is 1.26. The molecule has 0 aliphatic carbocycles. The molecule has 6 heteroatoms. The van der Waals surface area contributed by atoms with E-state index < -0.39 is 17.8 Å². The van der Waals surface area contributed by atoms with E-state index in [-0.39, 0.29) is 12.0 Å². The van der Waals surface area contributed by atoms with E-state index >= 15 is 0 Å². The summed E-state index contributed by atoms with van der Waals surface area (Å²) in [5, 5.41) is 11.3. The standard InChI is InChI=1S/C14H11FN2O3/c15-12-5-4-10(8-16-12)14(20)17-11-3-1-2-9(6-11)7-13(18)19/h1-6,8H,7H2,(H,17,20)(H,18,19). The number of nitrogens with one attached hydrogen (secondary N) is 1. The first-order valence-electron chi connectivity index (χ1n) is 5.78. The lowest BCUT2D eigenvalue weighted by atomic mass is 10.1. The average Bonchev–Trinajstić information content (AvgIpc) is 2.39. The van der Waals surface area contributed by atoms with Gasteiger partial charge < -0.3 is 10.4 Å². The highest BCUT2D eigenvalue weighted by Gasteiger charge is 2.08. The number of halogens is 1. The Labute approximate surface area is 114 Å². The van der Waals surface area contributed by atoms with Gasteiger partial charge in [-0.3, -0.25) is 9.59 Å². The lowest BCUT2D eigenvalue weighted by Crippen LogP contribution is -2.12. The molecule has 0 saturated heterocycles. The number of benzene rings is 1. The molecule has 0 atom stereocenters. The molecule has 2 N–H and O–H groups in total. The maximum absolute atomic E-state index is 12.7. The Bertz CT molecular complexity index is 641. The average molecular weight is 274 g/mol. The number of carbonyl (C=O) groups is 2. The van der Waals surface area contributed by atoms with E-state index in [1.807, 2.05) is 0 Å². The van der Waals surface area contributed by atoms with Gasteiger partial charge in [-0.25, -0.2) is 4.98 Å². The fraction of sp³-hybridized carbons (Fsp3) is 0.0714. The number of amides is 1. The molecule has 0 saturated carbocycles. The summed E-state index contributed by atoms with van der Waals surface area (Å²) < 4.78 is 12.7. The van der Waals surface area contributed by atoms with Crippen LogP contribution in [0.15, 0.2) is 42.6 Å². The second-order valence-corrected chi connectivity index (χ2v) is 4.09. The number of carboxylic acid groups (broad SMARTS) is 1. The van der Waals surface area contributed by atoms with Gasteiger partial charge in [-0.1, -0.05) is 12.1 Å². The van der Waals surface area contributed by atoms with Crippen LogP contribution in [0.25, 0.3) is 0 Å². The van der Waals surface area contributed by atoms with Crippen molar-refractivity contribution in [1.29, 1.82) is 0 Å². The van der Waals surface area contributed by atoms with Crippen molar-refractivity contribution in [3.05, 3.63) is 59.7 Å². The van der Waals surface area contributed by atoms with E-state index in [2.05, 4.69) is 10.3 Å². The molecule has 0 aliphatic heterocycles. The van der Waals surface area contributed by atoms with Crippen molar-refractivity contribution in [2.45, 2.75) is 6.42 Å². The van der Waals surface area contributed by atoms with Crippen LogP contribution < -0.4 is 5.32 Å². The number of aliphatic carboxylic acids is 1. The molecule has 0 aliphatic rings. The highest BCUT2D eigenvalue weighted by molar-refractivity contribution is 6.04. The van der Waals surface area contributed by atoms with E-state index in [0.717, 1.165) is 12.3 Å².